The average molecular weight is 300 g/mol. The first-order valence-electron chi connectivity index (χ1n) is 7.12. The molecule has 2 heterocycles. The van der Waals surface area contributed by atoms with Crippen LogP contribution in [0.2, 0.25) is 0 Å². The highest BCUT2D eigenvalue weighted by Gasteiger charge is 2.07. The van der Waals surface area contributed by atoms with Crippen LogP contribution >= 0.6 is 0 Å². The van der Waals surface area contributed by atoms with Gasteiger partial charge in [0.15, 0.2) is 0 Å². The highest BCUT2D eigenvalue weighted by atomic mass is 19.1. The van der Waals surface area contributed by atoms with Crippen LogP contribution in [0.25, 0.3) is 11.5 Å². The van der Waals surface area contributed by atoms with Crippen molar-refractivity contribution < 1.29 is 8.81 Å². The maximum Gasteiger partial charge on any atom is 0.226 e. The van der Waals surface area contributed by atoms with Gasteiger partial charge in [-0.15, -0.1) is 0 Å². The summed E-state index contributed by atoms with van der Waals surface area (Å²) in [4.78, 5) is 4.41. The van der Waals surface area contributed by atoms with Gasteiger partial charge in [0.2, 0.25) is 5.89 Å². The predicted octanol–water partition coefficient (Wildman–Crippen LogP) is 2.84. The number of aromatic amines is 1. The van der Waals surface area contributed by atoms with Crippen LogP contribution in [0.5, 0.6) is 0 Å². The third-order valence-corrected chi connectivity index (χ3v) is 3.45. The lowest BCUT2D eigenvalue weighted by atomic mass is 10.2. The first-order valence-corrected chi connectivity index (χ1v) is 7.12. The smallest absolute Gasteiger partial charge is 0.226 e. The number of oxazole rings is 1. The standard InChI is InChI=1S/C16H17FN4O/c1-11-13(9-19-21-11)8-18-7-6-15-10-22-16(20-15)12-2-4-14(17)5-3-12/h2-5,9-10,18H,6-8H2,1H3,(H,19,21). The summed E-state index contributed by atoms with van der Waals surface area (Å²) in [6, 6.07) is 6.11. The maximum atomic E-state index is 12.9. The predicted molar refractivity (Wildman–Crippen MR) is 80.6 cm³/mol. The van der Waals surface area contributed by atoms with Gasteiger partial charge in [0.1, 0.15) is 12.1 Å². The molecular formula is C16H17FN4O. The summed E-state index contributed by atoms with van der Waals surface area (Å²) >= 11 is 0. The van der Waals surface area contributed by atoms with Crippen LogP contribution in [0.4, 0.5) is 4.39 Å². The van der Waals surface area contributed by atoms with Gasteiger partial charge < -0.3 is 9.73 Å². The second-order valence-corrected chi connectivity index (χ2v) is 5.10. The zero-order chi connectivity index (χ0) is 15.4. The third-order valence-electron chi connectivity index (χ3n) is 3.45. The van der Waals surface area contributed by atoms with Crippen molar-refractivity contribution in [2.75, 3.05) is 6.54 Å². The summed E-state index contributed by atoms with van der Waals surface area (Å²) in [6.07, 6.45) is 4.23. The number of hydrogen-bond donors (Lipinski definition) is 2. The van der Waals surface area contributed by atoms with E-state index in [2.05, 4.69) is 20.5 Å². The number of halogens is 1. The van der Waals surface area contributed by atoms with E-state index in [1.54, 1.807) is 18.4 Å². The molecule has 1 aromatic carbocycles. The molecule has 6 heteroatoms. The maximum absolute atomic E-state index is 12.9. The number of H-pyrrole nitrogens is 1. The van der Waals surface area contributed by atoms with E-state index in [1.807, 2.05) is 13.1 Å². The normalized spacial score (nSPS) is 11.0. The van der Waals surface area contributed by atoms with Crippen molar-refractivity contribution in [2.45, 2.75) is 19.9 Å². The minimum Gasteiger partial charge on any atom is -0.444 e. The molecule has 0 spiro atoms. The quantitative estimate of drug-likeness (QED) is 0.687. The topological polar surface area (TPSA) is 66.7 Å². The summed E-state index contributed by atoms with van der Waals surface area (Å²) in [5.74, 6) is 0.245. The van der Waals surface area contributed by atoms with E-state index in [-0.39, 0.29) is 5.82 Å². The molecule has 22 heavy (non-hydrogen) atoms. The lowest BCUT2D eigenvalue weighted by Gasteiger charge is -2.01. The van der Waals surface area contributed by atoms with Gasteiger partial charge >= 0.3 is 0 Å². The minimum absolute atomic E-state index is 0.269. The van der Waals surface area contributed by atoms with Gasteiger partial charge in [-0.25, -0.2) is 9.37 Å². The van der Waals surface area contributed by atoms with Gasteiger partial charge in [-0.3, -0.25) is 5.10 Å². The molecule has 0 aliphatic heterocycles. The Hall–Kier alpha value is -2.47. The number of aryl methyl sites for hydroxylation is 1. The molecule has 0 aliphatic carbocycles. The molecule has 2 N–H and O–H groups in total. The lowest BCUT2D eigenvalue weighted by molar-refractivity contribution is 0.571. The number of hydrogen-bond acceptors (Lipinski definition) is 4. The first-order chi connectivity index (χ1) is 10.7. The zero-order valence-electron chi connectivity index (χ0n) is 12.3. The van der Waals surface area contributed by atoms with Gasteiger partial charge in [0.05, 0.1) is 11.9 Å². The van der Waals surface area contributed by atoms with E-state index >= 15 is 0 Å². The highest BCUT2D eigenvalue weighted by molar-refractivity contribution is 5.52. The molecule has 0 aliphatic rings. The molecule has 3 aromatic rings. The number of rotatable bonds is 6. The molecule has 0 radical (unpaired) electrons. The molecule has 3 rings (SSSR count). The van der Waals surface area contributed by atoms with E-state index in [4.69, 9.17) is 4.42 Å². The second kappa shape index (κ2) is 6.53. The van der Waals surface area contributed by atoms with Gasteiger partial charge in [-0.05, 0) is 31.2 Å². The number of nitrogens with zero attached hydrogens (tertiary/aromatic N) is 2. The molecule has 0 unspecified atom stereocenters. The molecule has 5 nitrogen and oxygen atoms in total. The largest absolute Gasteiger partial charge is 0.444 e. The average Bonchev–Trinajstić information content (AvgIpc) is 3.14. The molecule has 0 atom stereocenters. The molecule has 114 valence electrons. The van der Waals surface area contributed by atoms with E-state index < -0.39 is 0 Å². The van der Waals surface area contributed by atoms with E-state index in [0.717, 1.165) is 42.0 Å². The molecule has 2 aromatic heterocycles. The van der Waals surface area contributed by atoms with E-state index in [1.165, 1.54) is 12.1 Å². The van der Waals surface area contributed by atoms with Crippen LogP contribution in [0.1, 0.15) is 17.0 Å². The fourth-order valence-electron chi connectivity index (χ4n) is 2.14. The molecule has 0 bridgehead atoms. The van der Waals surface area contributed by atoms with Crippen LogP contribution in [-0.4, -0.2) is 21.7 Å². The fraction of sp³-hybridized carbons (Fsp3) is 0.250. The Morgan fingerprint density at radius 1 is 1.27 bits per heavy atom. The van der Waals surface area contributed by atoms with Crippen LogP contribution in [-0.2, 0) is 13.0 Å². The Morgan fingerprint density at radius 2 is 2.09 bits per heavy atom. The Kier molecular flexibility index (Phi) is 4.29. The lowest BCUT2D eigenvalue weighted by Crippen LogP contribution is -2.17. The zero-order valence-corrected chi connectivity index (χ0v) is 12.3. The summed E-state index contributed by atoms with van der Waals surface area (Å²) in [6.45, 7) is 3.56. The molecular weight excluding hydrogens is 283 g/mol. The molecule has 0 saturated carbocycles. The van der Waals surface area contributed by atoms with E-state index in [9.17, 15) is 4.39 Å². The van der Waals surface area contributed by atoms with Gasteiger partial charge in [0.25, 0.3) is 0 Å². The molecule has 0 fully saturated rings. The SMILES string of the molecule is Cc1[nH]ncc1CNCCc1coc(-c2ccc(F)cc2)n1. The fourth-order valence-corrected chi connectivity index (χ4v) is 2.14. The van der Waals surface area contributed by atoms with Crippen molar-refractivity contribution in [3.05, 3.63) is 59.5 Å². The number of nitrogens with one attached hydrogen (secondary N) is 2. The van der Waals surface area contributed by atoms with Crippen molar-refractivity contribution in [1.29, 1.82) is 0 Å². The minimum atomic E-state index is -0.269. The monoisotopic (exact) mass is 300 g/mol. The Morgan fingerprint density at radius 3 is 2.82 bits per heavy atom. The molecule has 0 amide bonds. The highest BCUT2D eigenvalue weighted by Crippen LogP contribution is 2.18. The molecule has 0 saturated heterocycles. The van der Waals surface area contributed by atoms with Crippen molar-refractivity contribution in [2.24, 2.45) is 0 Å². The Labute approximate surface area is 127 Å². The van der Waals surface area contributed by atoms with Crippen LogP contribution in [0.15, 0.2) is 41.1 Å². The van der Waals surface area contributed by atoms with Gasteiger partial charge in [-0.2, -0.15) is 5.10 Å². The van der Waals surface area contributed by atoms with Crippen LogP contribution in [0, 0.1) is 12.7 Å². The van der Waals surface area contributed by atoms with Crippen molar-refractivity contribution >= 4 is 0 Å². The van der Waals surface area contributed by atoms with Crippen molar-refractivity contribution in [3.8, 4) is 11.5 Å². The summed E-state index contributed by atoms with van der Waals surface area (Å²) < 4.78 is 18.3. The van der Waals surface area contributed by atoms with E-state index in [0.29, 0.717) is 5.89 Å². The third kappa shape index (κ3) is 3.40. The Balaban J connectivity index is 1.51. The van der Waals surface area contributed by atoms with Gasteiger partial charge in [-0.1, -0.05) is 0 Å². The number of aromatic nitrogens is 3. The van der Waals surface area contributed by atoms with Gasteiger partial charge in [0, 0.05) is 36.3 Å². The number of benzene rings is 1. The van der Waals surface area contributed by atoms with Crippen molar-refractivity contribution in [3.63, 3.8) is 0 Å². The van der Waals surface area contributed by atoms with Crippen molar-refractivity contribution in [1.82, 2.24) is 20.5 Å². The van der Waals surface area contributed by atoms with Crippen LogP contribution < -0.4 is 5.32 Å². The van der Waals surface area contributed by atoms with Crippen LogP contribution in [0.3, 0.4) is 0 Å². The first kappa shape index (κ1) is 14.5. The summed E-state index contributed by atoms with van der Waals surface area (Å²) in [7, 11) is 0. The summed E-state index contributed by atoms with van der Waals surface area (Å²) in [5, 5.41) is 10.2. The Bertz CT molecular complexity index is 733. The summed E-state index contributed by atoms with van der Waals surface area (Å²) in [5.41, 5.74) is 3.88. The second-order valence-electron chi connectivity index (χ2n) is 5.10.